The van der Waals surface area contributed by atoms with E-state index in [0.29, 0.717) is 11.3 Å². The summed E-state index contributed by atoms with van der Waals surface area (Å²) in [5.41, 5.74) is 5.79. The normalized spacial score (nSPS) is 26.2. The Balaban J connectivity index is 1.52. The van der Waals surface area contributed by atoms with Crippen molar-refractivity contribution in [3.8, 4) is 0 Å². The number of allylic oxidation sites excluding steroid dienone is 1. The predicted molar refractivity (Wildman–Crippen MR) is 107 cm³/mol. The van der Waals surface area contributed by atoms with E-state index in [1.165, 1.54) is 38.1 Å². The van der Waals surface area contributed by atoms with Crippen molar-refractivity contribution in [3.05, 3.63) is 76.4 Å². The van der Waals surface area contributed by atoms with Gasteiger partial charge in [0.1, 0.15) is 17.6 Å². The highest BCUT2D eigenvalue weighted by Gasteiger charge is 2.57. The van der Waals surface area contributed by atoms with E-state index in [1.54, 1.807) is 18.2 Å². The van der Waals surface area contributed by atoms with Crippen LogP contribution in [0.3, 0.4) is 0 Å². The second kappa shape index (κ2) is 6.40. The van der Waals surface area contributed by atoms with Crippen molar-refractivity contribution in [2.24, 2.45) is 5.92 Å². The average molecular weight is 420 g/mol. The highest BCUT2D eigenvalue weighted by Crippen LogP contribution is 2.60. The fourth-order valence-corrected chi connectivity index (χ4v) is 4.15. The van der Waals surface area contributed by atoms with Crippen molar-refractivity contribution in [2.45, 2.75) is 50.2 Å². The number of alkyl halides is 3. The molecule has 0 aromatic heterocycles. The molecule has 0 spiro atoms. The van der Waals surface area contributed by atoms with Gasteiger partial charge in [-0.25, -0.2) is 4.39 Å². The van der Waals surface area contributed by atoms with Crippen molar-refractivity contribution in [1.82, 2.24) is 5.32 Å². The molecule has 4 rings (SSSR count). The lowest BCUT2D eigenvalue weighted by molar-refractivity contribution is -0.180. The van der Waals surface area contributed by atoms with Gasteiger partial charge >= 0.3 is 6.18 Å². The predicted octanol–water partition coefficient (Wildman–Crippen LogP) is 5.64. The van der Waals surface area contributed by atoms with Crippen LogP contribution in [0.25, 0.3) is 0 Å². The lowest BCUT2D eigenvalue weighted by Crippen LogP contribution is -2.37. The summed E-state index contributed by atoms with van der Waals surface area (Å²) in [4.78, 5) is 0. The summed E-state index contributed by atoms with van der Waals surface area (Å²) in [6, 6.07) is 10.5. The molecule has 2 unspecified atom stereocenters. The van der Waals surface area contributed by atoms with Gasteiger partial charge in [0.2, 0.25) is 0 Å². The monoisotopic (exact) mass is 420 g/mol. The zero-order chi connectivity index (χ0) is 22.1. The van der Waals surface area contributed by atoms with Crippen LogP contribution in [0.15, 0.2) is 53.9 Å². The first-order chi connectivity index (χ1) is 13.9. The molecule has 4 N–H and O–H groups in total. The first-order valence-corrected chi connectivity index (χ1v) is 9.78. The smallest absolute Gasteiger partial charge is 0.397 e. The van der Waals surface area contributed by atoms with Crippen LogP contribution < -0.4 is 11.1 Å². The van der Waals surface area contributed by atoms with Gasteiger partial charge in [-0.1, -0.05) is 37.3 Å². The van der Waals surface area contributed by atoms with Gasteiger partial charge in [0.05, 0.1) is 16.8 Å². The molecule has 1 fully saturated rings. The molecule has 1 aliphatic carbocycles. The molecule has 0 radical (unpaired) electrons. The number of anilines is 1. The van der Waals surface area contributed by atoms with Crippen LogP contribution in [0.5, 0.6) is 0 Å². The molecule has 30 heavy (non-hydrogen) atoms. The van der Waals surface area contributed by atoms with Crippen LogP contribution in [0.4, 0.5) is 23.2 Å². The highest BCUT2D eigenvalue weighted by atomic mass is 19.4. The largest absolute Gasteiger partial charge is 0.508 e. The van der Waals surface area contributed by atoms with Crippen molar-refractivity contribution >= 4 is 5.69 Å². The first kappa shape index (κ1) is 20.6. The van der Waals surface area contributed by atoms with Crippen LogP contribution in [-0.4, -0.2) is 11.3 Å². The molecule has 3 nitrogen and oxygen atoms in total. The number of nitrogens with two attached hydrogens (primary N) is 1. The zero-order valence-corrected chi connectivity index (χ0v) is 16.9. The van der Waals surface area contributed by atoms with E-state index in [0.717, 1.165) is 12.0 Å². The zero-order valence-electron chi connectivity index (χ0n) is 16.9. The average Bonchev–Trinajstić information content (AvgIpc) is 3.34. The van der Waals surface area contributed by atoms with Gasteiger partial charge in [-0.05, 0) is 49.1 Å². The number of hydrogen-bond donors (Lipinski definition) is 3. The van der Waals surface area contributed by atoms with Crippen molar-refractivity contribution in [2.75, 3.05) is 5.73 Å². The van der Waals surface area contributed by atoms with Gasteiger partial charge < -0.3 is 16.2 Å². The van der Waals surface area contributed by atoms with Crippen LogP contribution in [0.2, 0.25) is 0 Å². The number of halogens is 4. The summed E-state index contributed by atoms with van der Waals surface area (Å²) in [5, 5.41) is 13.8. The Hall–Kier alpha value is -2.70. The van der Waals surface area contributed by atoms with E-state index in [-0.39, 0.29) is 28.3 Å². The summed E-state index contributed by atoms with van der Waals surface area (Å²) < 4.78 is 53.6. The third-order valence-electron chi connectivity index (χ3n) is 6.77. The van der Waals surface area contributed by atoms with Gasteiger partial charge in [-0.2, -0.15) is 13.2 Å². The minimum atomic E-state index is -4.33. The van der Waals surface area contributed by atoms with E-state index >= 15 is 0 Å². The maximum absolute atomic E-state index is 13.7. The molecule has 2 aromatic rings. The van der Waals surface area contributed by atoms with Gasteiger partial charge in [-0.15, -0.1) is 0 Å². The molecule has 7 heteroatoms. The van der Waals surface area contributed by atoms with E-state index in [1.807, 2.05) is 6.92 Å². The Labute approximate surface area is 172 Å². The van der Waals surface area contributed by atoms with Crippen LogP contribution in [0, 0.1) is 11.7 Å². The summed E-state index contributed by atoms with van der Waals surface area (Å²) in [6.45, 7) is 4.37. The van der Waals surface area contributed by atoms with Gasteiger partial charge in [-0.3, -0.25) is 0 Å². The Morgan fingerprint density at radius 2 is 1.73 bits per heavy atom. The molecule has 1 aliphatic heterocycles. The summed E-state index contributed by atoms with van der Waals surface area (Å²) in [6.07, 6.45) is -3.56. The molecule has 0 saturated heterocycles. The van der Waals surface area contributed by atoms with Gasteiger partial charge in [0.25, 0.3) is 0 Å². The molecular formula is C23H24F4N2O. The van der Waals surface area contributed by atoms with Crippen LogP contribution in [-0.2, 0) is 10.8 Å². The van der Waals surface area contributed by atoms with E-state index in [4.69, 9.17) is 5.73 Å². The Kier molecular flexibility index (Phi) is 4.39. The summed E-state index contributed by atoms with van der Waals surface area (Å²) in [7, 11) is 0. The molecular weight excluding hydrogens is 396 g/mol. The number of hydrogen-bond acceptors (Lipinski definition) is 3. The summed E-state index contributed by atoms with van der Waals surface area (Å²) >= 11 is 0. The van der Waals surface area contributed by atoms with E-state index in [9.17, 15) is 22.7 Å². The number of rotatable bonds is 4. The third-order valence-corrected chi connectivity index (χ3v) is 6.77. The Morgan fingerprint density at radius 1 is 1.10 bits per heavy atom. The van der Waals surface area contributed by atoms with Crippen molar-refractivity contribution in [1.29, 1.82) is 0 Å². The van der Waals surface area contributed by atoms with Crippen molar-refractivity contribution in [3.63, 3.8) is 0 Å². The molecule has 160 valence electrons. The van der Waals surface area contributed by atoms with Gasteiger partial charge in [0, 0.05) is 11.3 Å². The van der Waals surface area contributed by atoms with E-state index in [2.05, 4.69) is 5.32 Å². The minimum absolute atomic E-state index is 0.0360. The molecule has 0 bridgehead atoms. The quantitative estimate of drug-likeness (QED) is 0.443. The molecule has 3 atom stereocenters. The fourth-order valence-electron chi connectivity index (χ4n) is 4.15. The maximum atomic E-state index is 13.7. The van der Waals surface area contributed by atoms with Crippen molar-refractivity contribution < 1.29 is 22.7 Å². The number of aliphatic hydroxyl groups is 1. The molecule has 0 amide bonds. The standard InChI is InChI=1S/C23H24F4N2O/c1-21(2,23(25,26)27)13-5-7-14(8-6-13)22(3)11-15(22)19-20(30)18(29-19)12-4-9-17(28)16(24)10-12/h4-10,15,18,29-30H,11,28H2,1-3H3/t15?,18-,22?/m0/s1. The van der Waals surface area contributed by atoms with E-state index < -0.39 is 23.5 Å². The summed E-state index contributed by atoms with van der Waals surface area (Å²) in [5.74, 6) is -0.328. The van der Waals surface area contributed by atoms with Gasteiger partial charge in [0.15, 0.2) is 0 Å². The number of nitrogens with one attached hydrogen (secondary N) is 1. The lowest BCUT2D eigenvalue weighted by atomic mass is 9.82. The molecule has 2 aliphatic rings. The first-order valence-electron chi connectivity index (χ1n) is 9.78. The molecule has 1 heterocycles. The SMILES string of the molecule is CC1(c2ccc(C(C)(C)C(F)(F)F)cc2)CC1C1=C(O)[C@H](c2ccc(N)c(F)c2)N1. The minimum Gasteiger partial charge on any atom is -0.508 e. The maximum Gasteiger partial charge on any atom is 0.397 e. The lowest BCUT2D eigenvalue weighted by Gasteiger charge is -2.34. The third kappa shape index (κ3) is 3.02. The fraction of sp³-hybridized carbons (Fsp3) is 0.391. The highest BCUT2D eigenvalue weighted by molar-refractivity contribution is 5.48. The van der Waals surface area contributed by atoms with Crippen LogP contribution >= 0.6 is 0 Å². The molecule has 1 saturated carbocycles. The topological polar surface area (TPSA) is 58.3 Å². The number of nitrogen functional groups attached to an aromatic ring is 1. The Morgan fingerprint density at radius 3 is 2.27 bits per heavy atom. The second-order valence-electron chi connectivity index (χ2n) is 9.03. The second-order valence-corrected chi connectivity index (χ2v) is 9.03. The molecule has 2 aromatic carbocycles. The van der Waals surface area contributed by atoms with Crippen LogP contribution in [0.1, 0.15) is 49.9 Å². The number of aliphatic hydroxyl groups excluding tert-OH is 1. The number of benzene rings is 2. The Bertz CT molecular complexity index is 1030.